The summed E-state index contributed by atoms with van der Waals surface area (Å²) in [5.41, 5.74) is 2.30. The number of carbonyl (C=O) groups excluding carboxylic acids is 1. The molecule has 4 heteroatoms. The first-order valence-corrected chi connectivity index (χ1v) is 5.81. The molecular weight excluding hydrogens is 226 g/mol. The molecule has 1 aliphatic carbocycles. The van der Waals surface area contributed by atoms with E-state index in [9.17, 15) is 4.79 Å². The van der Waals surface area contributed by atoms with Crippen molar-refractivity contribution in [3.8, 4) is 0 Å². The van der Waals surface area contributed by atoms with Gasteiger partial charge in [-0.15, -0.1) is 11.6 Å². The molecule has 1 amide bonds. The van der Waals surface area contributed by atoms with Crippen LogP contribution >= 0.6 is 11.6 Å². The smallest absolute Gasteiger partial charge is 0.407 e. The number of benzene rings is 1. The molecule has 16 heavy (non-hydrogen) atoms. The molecule has 2 atom stereocenters. The summed E-state index contributed by atoms with van der Waals surface area (Å²) in [5.74, 6) is 0. The van der Waals surface area contributed by atoms with Crippen molar-refractivity contribution in [2.45, 2.75) is 24.8 Å². The summed E-state index contributed by atoms with van der Waals surface area (Å²) in [5, 5.41) is 2.62. The molecule has 0 radical (unpaired) electrons. The van der Waals surface area contributed by atoms with Gasteiger partial charge in [-0.3, -0.25) is 0 Å². The van der Waals surface area contributed by atoms with Crippen molar-refractivity contribution in [2.24, 2.45) is 0 Å². The van der Waals surface area contributed by atoms with E-state index < -0.39 is 6.09 Å². The van der Waals surface area contributed by atoms with Crippen molar-refractivity contribution in [3.05, 3.63) is 35.4 Å². The number of fused-ring (bicyclic) bond motifs is 1. The molecule has 1 aromatic rings. The minimum absolute atomic E-state index is 0.0712. The quantitative estimate of drug-likeness (QED) is 0.806. The zero-order valence-corrected chi connectivity index (χ0v) is 9.83. The number of hydrogen-bond acceptors (Lipinski definition) is 2. The summed E-state index contributed by atoms with van der Waals surface area (Å²) in [6.45, 7) is 2.15. The van der Waals surface area contributed by atoms with Gasteiger partial charge in [0, 0.05) is 0 Å². The zero-order chi connectivity index (χ0) is 11.5. The third-order valence-corrected chi connectivity index (χ3v) is 3.26. The Hall–Kier alpha value is -1.22. The Morgan fingerprint density at radius 3 is 3.00 bits per heavy atom. The van der Waals surface area contributed by atoms with Gasteiger partial charge in [0.15, 0.2) is 0 Å². The van der Waals surface area contributed by atoms with Crippen molar-refractivity contribution < 1.29 is 9.53 Å². The number of alkyl carbamates (subject to hydrolysis) is 1. The van der Waals surface area contributed by atoms with Gasteiger partial charge >= 0.3 is 6.09 Å². The molecule has 0 aliphatic heterocycles. The Morgan fingerprint density at radius 1 is 1.56 bits per heavy atom. The van der Waals surface area contributed by atoms with Crippen molar-refractivity contribution in [2.75, 3.05) is 6.61 Å². The average molecular weight is 240 g/mol. The van der Waals surface area contributed by atoms with Crippen LogP contribution in [0.1, 0.15) is 23.4 Å². The second-order valence-corrected chi connectivity index (χ2v) is 4.25. The highest BCUT2D eigenvalue weighted by Crippen LogP contribution is 2.36. The second-order valence-electron chi connectivity index (χ2n) is 3.78. The predicted octanol–water partition coefficient (Wildman–Crippen LogP) is 2.64. The summed E-state index contributed by atoms with van der Waals surface area (Å²) >= 11 is 6.28. The molecule has 86 valence electrons. The maximum Gasteiger partial charge on any atom is 0.407 e. The zero-order valence-electron chi connectivity index (χ0n) is 9.07. The molecule has 0 aromatic heterocycles. The first-order chi connectivity index (χ1) is 7.72. The van der Waals surface area contributed by atoms with Gasteiger partial charge in [-0.25, -0.2) is 4.79 Å². The Kier molecular flexibility index (Phi) is 3.34. The molecule has 0 saturated carbocycles. The highest BCUT2D eigenvalue weighted by Gasteiger charge is 2.31. The molecule has 2 rings (SSSR count). The lowest BCUT2D eigenvalue weighted by atomic mass is 10.1. The Bertz CT molecular complexity index is 394. The Morgan fingerprint density at radius 2 is 2.31 bits per heavy atom. The summed E-state index contributed by atoms with van der Waals surface area (Å²) in [4.78, 5) is 11.3. The van der Waals surface area contributed by atoms with E-state index in [1.54, 1.807) is 6.92 Å². The normalized spacial score (nSPS) is 22.6. The fourth-order valence-electron chi connectivity index (χ4n) is 1.99. The van der Waals surface area contributed by atoms with E-state index >= 15 is 0 Å². The van der Waals surface area contributed by atoms with Crippen LogP contribution in [0.2, 0.25) is 0 Å². The van der Waals surface area contributed by atoms with Gasteiger partial charge in [-0.05, 0) is 24.5 Å². The molecule has 0 fully saturated rings. The lowest BCUT2D eigenvalue weighted by molar-refractivity contribution is 0.148. The summed E-state index contributed by atoms with van der Waals surface area (Å²) in [7, 11) is 0. The number of amides is 1. The fraction of sp³-hybridized carbons (Fsp3) is 0.417. The third-order valence-electron chi connectivity index (χ3n) is 2.72. The van der Waals surface area contributed by atoms with Gasteiger partial charge in [0.2, 0.25) is 0 Å². The molecule has 2 unspecified atom stereocenters. The standard InChI is InChI=1S/C12H14ClNO2/c1-2-16-12(15)14-10-7-8-5-3-4-6-9(8)11(10)13/h3-6,10-11H,2,7H2,1H3,(H,14,15). The molecule has 1 N–H and O–H groups in total. The summed E-state index contributed by atoms with van der Waals surface area (Å²) in [6.07, 6.45) is 0.370. The lowest BCUT2D eigenvalue weighted by Crippen LogP contribution is -2.36. The van der Waals surface area contributed by atoms with E-state index in [2.05, 4.69) is 5.32 Å². The largest absolute Gasteiger partial charge is 0.450 e. The Labute approximate surface area is 99.7 Å². The van der Waals surface area contributed by atoms with Crippen LogP contribution in [0.15, 0.2) is 24.3 Å². The van der Waals surface area contributed by atoms with Crippen molar-refractivity contribution in [3.63, 3.8) is 0 Å². The molecule has 0 heterocycles. The maximum atomic E-state index is 11.3. The second kappa shape index (κ2) is 4.74. The number of rotatable bonds is 2. The average Bonchev–Trinajstić information content (AvgIpc) is 2.57. The molecule has 1 aliphatic rings. The van der Waals surface area contributed by atoms with E-state index in [4.69, 9.17) is 16.3 Å². The van der Waals surface area contributed by atoms with Crippen LogP contribution in [0, 0.1) is 0 Å². The van der Waals surface area contributed by atoms with Gasteiger partial charge in [-0.1, -0.05) is 24.3 Å². The van der Waals surface area contributed by atoms with Gasteiger partial charge in [-0.2, -0.15) is 0 Å². The maximum absolute atomic E-state index is 11.3. The van der Waals surface area contributed by atoms with E-state index in [1.165, 1.54) is 5.56 Å². The van der Waals surface area contributed by atoms with Gasteiger partial charge in [0.05, 0.1) is 18.0 Å². The van der Waals surface area contributed by atoms with Crippen LogP contribution < -0.4 is 5.32 Å². The van der Waals surface area contributed by atoms with Gasteiger partial charge in [0.1, 0.15) is 0 Å². The SMILES string of the molecule is CCOC(=O)NC1Cc2ccccc2C1Cl. The van der Waals surface area contributed by atoms with E-state index in [-0.39, 0.29) is 11.4 Å². The predicted molar refractivity (Wildman–Crippen MR) is 62.7 cm³/mol. The monoisotopic (exact) mass is 239 g/mol. The van der Waals surface area contributed by atoms with Crippen LogP contribution in [-0.4, -0.2) is 18.7 Å². The van der Waals surface area contributed by atoms with Crippen LogP contribution in [0.25, 0.3) is 0 Å². The number of carbonyl (C=O) groups is 1. The molecule has 3 nitrogen and oxygen atoms in total. The lowest BCUT2D eigenvalue weighted by Gasteiger charge is -2.15. The van der Waals surface area contributed by atoms with Gasteiger partial charge in [0.25, 0.3) is 0 Å². The van der Waals surface area contributed by atoms with E-state index in [0.29, 0.717) is 6.61 Å². The van der Waals surface area contributed by atoms with E-state index in [1.807, 2.05) is 24.3 Å². The highest BCUT2D eigenvalue weighted by atomic mass is 35.5. The van der Waals surface area contributed by atoms with E-state index in [0.717, 1.165) is 12.0 Å². The first kappa shape index (κ1) is 11.3. The number of ether oxygens (including phenoxy) is 1. The summed E-state index contributed by atoms with van der Waals surface area (Å²) in [6, 6.07) is 7.91. The van der Waals surface area contributed by atoms with Crippen LogP contribution in [-0.2, 0) is 11.2 Å². The molecule has 0 saturated heterocycles. The summed E-state index contributed by atoms with van der Waals surface area (Å²) < 4.78 is 4.84. The molecule has 0 bridgehead atoms. The molecule has 1 aromatic carbocycles. The minimum atomic E-state index is -0.397. The number of halogens is 1. The minimum Gasteiger partial charge on any atom is -0.450 e. The third kappa shape index (κ3) is 2.14. The van der Waals surface area contributed by atoms with Crippen molar-refractivity contribution in [1.82, 2.24) is 5.32 Å². The van der Waals surface area contributed by atoms with Crippen molar-refractivity contribution in [1.29, 1.82) is 0 Å². The molecular formula is C12H14ClNO2. The highest BCUT2D eigenvalue weighted by molar-refractivity contribution is 6.21. The first-order valence-electron chi connectivity index (χ1n) is 5.37. The van der Waals surface area contributed by atoms with Crippen LogP contribution in [0.3, 0.4) is 0 Å². The molecule has 0 spiro atoms. The fourth-order valence-corrected chi connectivity index (χ4v) is 2.36. The van der Waals surface area contributed by atoms with Crippen molar-refractivity contribution >= 4 is 17.7 Å². The van der Waals surface area contributed by atoms with Gasteiger partial charge < -0.3 is 10.1 Å². The Balaban J connectivity index is 2.04. The number of nitrogens with one attached hydrogen (secondary N) is 1. The van der Waals surface area contributed by atoms with Crippen LogP contribution in [0.4, 0.5) is 4.79 Å². The number of hydrogen-bond donors (Lipinski definition) is 1. The number of alkyl halides is 1. The van der Waals surface area contributed by atoms with Crippen LogP contribution in [0.5, 0.6) is 0 Å². The topological polar surface area (TPSA) is 38.3 Å².